The fraction of sp³-hybridized carbons (Fsp3) is 0.800. The van der Waals surface area contributed by atoms with E-state index in [2.05, 4.69) is 19.9 Å². The maximum absolute atomic E-state index is 11.2. The zero-order valence-electron chi connectivity index (χ0n) is 11.2. The number of hydrogen-bond donors (Lipinski definition) is 1. The molecule has 0 spiro atoms. The van der Waals surface area contributed by atoms with E-state index in [-0.39, 0.29) is 5.60 Å². The number of fused-ring (bicyclic) bond motifs is 1. The molecule has 0 unspecified atom stereocenters. The molecule has 3 rings (SSSR count). The van der Waals surface area contributed by atoms with Crippen molar-refractivity contribution in [3.8, 4) is 0 Å². The number of carbonyl (C=O) groups is 1. The summed E-state index contributed by atoms with van der Waals surface area (Å²) in [4.78, 5) is 11.2. The van der Waals surface area contributed by atoms with Gasteiger partial charge in [0.15, 0.2) is 0 Å². The Hall–Kier alpha value is -0.830. The number of hydrogen-bond acceptors (Lipinski definition) is 2. The Labute approximate surface area is 108 Å². The summed E-state index contributed by atoms with van der Waals surface area (Å²) < 4.78 is 5.64. The van der Waals surface area contributed by atoms with Gasteiger partial charge in [-0.2, -0.15) is 0 Å². The van der Waals surface area contributed by atoms with E-state index in [9.17, 15) is 9.90 Å². The van der Waals surface area contributed by atoms with E-state index in [4.69, 9.17) is 4.74 Å². The molecule has 1 saturated heterocycles. The molecule has 1 N–H and O–H groups in total. The van der Waals surface area contributed by atoms with Gasteiger partial charge in [0.05, 0.1) is 12.2 Å². The van der Waals surface area contributed by atoms with Crippen LogP contribution in [0.2, 0.25) is 0 Å². The van der Waals surface area contributed by atoms with Crippen LogP contribution in [-0.2, 0) is 9.53 Å². The van der Waals surface area contributed by atoms with Gasteiger partial charge in [0.25, 0.3) is 0 Å². The number of carboxylic acids is 1. The zero-order chi connectivity index (χ0) is 12.9. The highest BCUT2D eigenvalue weighted by Crippen LogP contribution is 2.53. The van der Waals surface area contributed by atoms with E-state index in [1.54, 1.807) is 0 Å². The summed E-state index contributed by atoms with van der Waals surface area (Å²) in [5, 5.41) is 9.20. The lowest BCUT2D eigenvalue weighted by atomic mass is 9.60. The highest BCUT2D eigenvalue weighted by atomic mass is 16.6. The van der Waals surface area contributed by atoms with Crippen LogP contribution in [0.25, 0.3) is 0 Å². The number of aliphatic carboxylic acids is 1. The first-order chi connectivity index (χ1) is 8.51. The second kappa shape index (κ2) is 4.09. The summed E-state index contributed by atoms with van der Waals surface area (Å²) >= 11 is 0. The molecule has 1 saturated carbocycles. The van der Waals surface area contributed by atoms with Gasteiger partial charge >= 0.3 is 5.97 Å². The molecule has 100 valence electrons. The van der Waals surface area contributed by atoms with Crippen molar-refractivity contribution >= 4 is 5.97 Å². The van der Waals surface area contributed by atoms with E-state index in [0.29, 0.717) is 23.3 Å². The molecule has 5 atom stereocenters. The summed E-state index contributed by atoms with van der Waals surface area (Å²) in [7, 11) is 0. The molecular formula is C15H22O3. The molecule has 0 aromatic heterocycles. The summed E-state index contributed by atoms with van der Waals surface area (Å²) in [6.07, 6.45) is 6.29. The minimum atomic E-state index is -0.729. The average molecular weight is 250 g/mol. The zero-order valence-corrected chi connectivity index (χ0v) is 11.2. The first-order valence-corrected chi connectivity index (χ1v) is 7.09. The van der Waals surface area contributed by atoms with E-state index in [1.807, 2.05) is 0 Å². The first kappa shape index (κ1) is 12.2. The van der Waals surface area contributed by atoms with E-state index < -0.39 is 5.97 Å². The van der Waals surface area contributed by atoms with Crippen LogP contribution < -0.4 is 0 Å². The van der Waals surface area contributed by atoms with Crippen LogP contribution in [-0.4, -0.2) is 23.3 Å². The molecule has 0 aromatic carbocycles. The highest BCUT2D eigenvalue weighted by molar-refractivity contribution is 5.86. The second-order valence-electron chi connectivity index (χ2n) is 6.54. The van der Waals surface area contributed by atoms with Gasteiger partial charge in [0.1, 0.15) is 0 Å². The lowest BCUT2D eigenvalue weighted by Crippen LogP contribution is -2.41. The standard InChI is InChI=1S/C15H22O3/c1-9-3-6-13(15(2)8-18-15)12-7-10(14(16)17)4-5-11(9)12/h7,9,11-13H,3-6,8H2,1-2H3,(H,16,17)/t9-,11-,12+,13+,15+/m1/s1. The fourth-order valence-corrected chi connectivity index (χ4v) is 4.10. The van der Waals surface area contributed by atoms with Gasteiger partial charge in [-0.3, -0.25) is 0 Å². The summed E-state index contributed by atoms with van der Waals surface area (Å²) in [5.41, 5.74) is 0.653. The fourth-order valence-electron chi connectivity index (χ4n) is 4.10. The minimum absolute atomic E-state index is 0.0283. The lowest BCUT2D eigenvalue weighted by Gasteiger charge is -2.44. The van der Waals surface area contributed by atoms with Gasteiger partial charge in [0.2, 0.25) is 0 Å². The minimum Gasteiger partial charge on any atom is -0.478 e. The Morgan fingerprint density at radius 1 is 1.44 bits per heavy atom. The van der Waals surface area contributed by atoms with Crippen molar-refractivity contribution in [2.24, 2.45) is 23.7 Å². The molecule has 3 aliphatic rings. The molecule has 0 bridgehead atoms. The van der Waals surface area contributed by atoms with Gasteiger partial charge in [-0.15, -0.1) is 0 Å². The molecule has 3 heteroatoms. The third kappa shape index (κ3) is 1.89. The Morgan fingerprint density at radius 2 is 2.17 bits per heavy atom. The normalized spacial score (nSPS) is 47.1. The van der Waals surface area contributed by atoms with Crippen molar-refractivity contribution in [2.45, 2.75) is 45.1 Å². The van der Waals surface area contributed by atoms with Gasteiger partial charge < -0.3 is 9.84 Å². The second-order valence-corrected chi connectivity index (χ2v) is 6.54. The summed E-state index contributed by atoms with van der Waals surface area (Å²) in [6, 6.07) is 0. The number of epoxide rings is 1. The smallest absolute Gasteiger partial charge is 0.331 e. The number of allylic oxidation sites excluding steroid dienone is 1. The van der Waals surface area contributed by atoms with Crippen LogP contribution in [0.4, 0.5) is 0 Å². The van der Waals surface area contributed by atoms with Crippen LogP contribution >= 0.6 is 0 Å². The Kier molecular flexibility index (Phi) is 2.77. The van der Waals surface area contributed by atoms with Crippen LogP contribution in [0.1, 0.15) is 39.5 Å². The highest BCUT2D eigenvalue weighted by Gasteiger charge is 2.53. The number of ether oxygens (including phenoxy) is 1. The third-order valence-corrected chi connectivity index (χ3v) is 5.42. The van der Waals surface area contributed by atoms with Crippen molar-refractivity contribution in [3.63, 3.8) is 0 Å². The first-order valence-electron chi connectivity index (χ1n) is 7.09. The topological polar surface area (TPSA) is 49.8 Å². The monoisotopic (exact) mass is 250 g/mol. The van der Waals surface area contributed by atoms with Crippen molar-refractivity contribution in [1.29, 1.82) is 0 Å². The molecule has 18 heavy (non-hydrogen) atoms. The summed E-state index contributed by atoms with van der Waals surface area (Å²) in [5.74, 6) is 1.59. The van der Waals surface area contributed by atoms with E-state index in [1.165, 1.54) is 12.8 Å². The van der Waals surface area contributed by atoms with Gasteiger partial charge in [-0.25, -0.2) is 4.79 Å². The molecule has 1 aliphatic heterocycles. The van der Waals surface area contributed by atoms with Gasteiger partial charge in [-0.1, -0.05) is 19.4 Å². The molecule has 0 radical (unpaired) electrons. The third-order valence-electron chi connectivity index (χ3n) is 5.42. The summed E-state index contributed by atoms with van der Waals surface area (Å²) in [6.45, 7) is 5.36. The average Bonchev–Trinajstić information content (AvgIpc) is 3.08. The largest absolute Gasteiger partial charge is 0.478 e. The predicted molar refractivity (Wildman–Crippen MR) is 68.2 cm³/mol. The maximum atomic E-state index is 11.2. The van der Waals surface area contributed by atoms with Crippen LogP contribution in [0.15, 0.2) is 11.6 Å². The lowest BCUT2D eigenvalue weighted by molar-refractivity contribution is -0.133. The molecule has 2 aliphatic carbocycles. The molecule has 0 aromatic rings. The van der Waals surface area contributed by atoms with Crippen molar-refractivity contribution in [1.82, 2.24) is 0 Å². The van der Waals surface area contributed by atoms with E-state index in [0.717, 1.165) is 25.4 Å². The number of rotatable bonds is 2. The quantitative estimate of drug-likeness (QED) is 0.767. The van der Waals surface area contributed by atoms with Crippen LogP contribution in [0.3, 0.4) is 0 Å². The Balaban J connectivity index is 1.90. The molecule has 3 nitrogen and oxygen atoms in total. The molecule has 1 heterocycles. The van der Waals surface area contributed by atoms with Crippen LogP contribution in [0, 0.1) is 23.7 Å². The molecule has 0 amide bonds. The van der Waals surface area contributed by atoms with Crippen molar-refractivity contribution in [2.75, 3.05) is 6.61 Å². The SMILES string of the molecule is C[C@@H]1CC[C@H]([C@]2(C)CO2)[C@H]2C=C(C(=O)O)CC[C@@H]21. The predicted octanol–water partition coefficient (Wildman–Crippen LogP) is 2.86. The molecular weight excluding hydrogens is 228 g/mol. The van der Waals surface area contributed by atoms with Gasteiger partial charge in [-0.05, 0) is 49.9 Å². The number of carboxylic acid groups (broad SMARTS) is 1. The van der Waals surface area contributed by atoms with Crippen LogP contribution in [0.5, 0.6) is 0 Å². The Bertz CT molecular complexity index is 395. The Morgan fingerprint density at radius 3 is 2.78 bits per heavy atom. The van der Waals surface area contributed by atoms with Crippen molar-refractivity contribution < 1.29 is 14.6 Å². The van der Waals surface area contributed by atoms with Gasteiger partial charge in [0, 0.05) is 5.57 Å². The maximum Gasteiger partial charge on any atom is 0.331 e. The molecule has 2 fully saturated rings. The van der Waals surface area contributed by atoms with Crippen molar-refractivity contribution in [3.05, 3.63) is 11.6 Å². The van der Waals surface area contributed by atoms with E-state index >= 15 is 0 Å².